The fraction of sp³-hybridized carbons (Fsp3) is 0.143. The Morgan fingerprint density at radius 2 is 2.17 bits per heavy atom. The summed E-state index contributed by atoms with van der Waals surface area (Å²) in [5.41, 5.74) is 7.32. The minimum Gasteiger partial charge on any atom is -0.383 e. The number of aromatic nitrogens is 5. The maximum Gasteiger partial charge on any atom is 0.256 e. The summed E-state index contributed by atoms with van der Waals surface area (Å²) in [6, 6.07) is 7.73. The molecule has 5 rings (SSSR count). The van der Waals surface area contributed by atoms with E-state index in [4.69, 9.17) is 9.85 Å². The zero-order valence-electron chi connectivity index (χ0n) is 18.9. The van der Waals surface area contributed by atoms with Gasteiger partial charge in [0.1, 0.15) is 17.3 Å². The van der Waals surface area contributed by atoms with Crippen LogP contribution in [0.2, 0.25) is 0 Å². The van der Waals surface area contributed by atoms with Gasteiger partial charge in [0.05, 0.1) is 40.4 Å². The molecular formula is C21H18FN7O. The topological polar surface area (TPSA) is 94.3 Å². The minimum absolute atomic E-state index is 0.181. The molecule has 4 aromatic heterocycles. The second-order valence-corrected chi connectivity index (χ2v) is 6.97. The van der Waals surface area contributed by atoms with E-state index in [9.17, 15) is 4.79 Å². The van der Waals surface area contributed by atoms with Crippen LogP contribution in [0.1, 0.15) is 20.2 Å². The Balaban J connectivity index is 1.62. The van der Waals surface area contributed by atoms with Crippen molar-refractivity contribution in [3.63, 3.8) is 0 Å². The molecule has 0 bridgehead atoms. The first-order valence-electron chi connectivity index (χ1n) is 10.6. The van der Waals surface area contributed by atoms with E-state index in [1.54, 1.807) is 46.7 Å². The second kappa shape index (κ2) is 6.51. The maximum atomic E-state index is 15.0. The number of nitrogens with two attached hydrogens (primary N) is 1. The first-order chi connectivity index (χ1) is 15.6. The predicted octanol–water partition coefficient (Wildman–Crippen LogP) is 2.76. The smallest absolute Gasteiger partial charge is 0.256 e. The predicted molar refractivity (Wildman–Crippen MR) is 111 cm³/mol. The average Bonchev–Trinajstić information content (AvgIpc) is 3.34. The molecule has 0 atom stereocenters. The van der Waals surface area contributed by atoms with Gasteiger partial charge in [-0.3, -0.25) is 9.48 Å². The highest BCUT2D eigenvalue weighted by Gasteiger charge is 2.21. The third kappa shape index (κ3) is 2.74. The summed E-state index contributed by atoms with van der Waals surface area (Å²) < 4.78 is 42.0. The standard InChI is InChI=1S/C21H18FN7O/c1-27(10-12-11-29-6-4-3-5-18(29)25-12)21(30)13-7-14-17(8-16(13)22)26-20(23)15-9-24-28(2)19(14)15/h3-9,11H,10H2,1-2H3,(H2,23,26)/i1D3. The van der Waals surface area contributed by atoms with Crippen molar-refractivity contribution in [2.24, 2.45) is 7.05 Å². The van der Waals surface area contributed by atoms with E-state index in [-0.39, 0.29) is 17.9 Å². The maximum absolute atomic E-state index is 15.0. The Morgan fingerprint density at radius 1 is 1.30 bits per heavy atom. The summed E-state index contributed by atoms with van der Waals surface area (Å²) in [4.78, 5) is 22.5. The van der Waals surface area contributed by atoms with Crippen LogP contribution in [0.5, 0.6) is 0 Å². The highest BCUT2D eigenvalue weighted by Crippen LogP contribution is 2.29. The Bertz CT molecular complexity index is 1520. The third-order valence-electron chi connectivity index (χ3n) is 5.01. The van der Waals surface area contributed by atoms with Gasteiger partial charge in [0.2, 0.25) is 0 Å². The first kappa shape index (κ1) is 14.9. The van der Waals surface area contributed by atoms with Crippen LogP contribution >= 0.6 is 0 Å². The monoisotopic (exact) mass is 406 g/mol. The molecule has 0 aliphatic carbocycles. The molecule has 1 aromatic carbocycles. The number of carbonyl (C=O) groups is 1. The molecule has 30 heavy (non-hydrogen) atoms. The van der Waals surface area contributed by atoms with Crippen LogP contribution in [0.3, 0.4) is 0 Å². The zero-order valence-corrected chi connectivity index (χ0v) is 15.9. The molecule has 5 aromatic rings. The summed E-state index contributed by atoms with van der Waals surface area (Å²) in [5.74, 6) is -1.70. The molecule has 4 heterocycles. The quantitative estimate of drug-likeness (QED) is 0.497. The van der Waals surface area contributed by atoms with E-state index in [2.05, 4.69) is 15.1 Å². The SMILES string of the molecule is [2H]C([2H])([2H])N(Cc1cn2ccccc2n1)C(=O)c1cc2c(cc1F)nc(N)c1cnn(C)c12. The summed E-state index contributed by atoms with van der Waals surface area (Å²) in [7, 11) is 1.68. The lowest BCUT2D eigenvalue weighted by Crippen LogP contribution is -2.27. The van der Waals surface area contributed by atoms with Crippen molar-refractivity contribution in [2.75, 3.05) is 12.7 Å². The highest BCUT2D eigenvalue weighted by atomic mass is 19.1. The van der Waals surface area contributed by atoms with E-state index in [0.29, 0.717) is 32.5 Å². The Kier molecular flexibility index (Phi) is 3.24. The number of benzene rings is 1. The molecule has 2 N–H and O–H groups in total. The van der Waals surface area contributed by atoms with E-state index < -0.39 is 24.3 Å². The first-order valence-corrected chi connectivity index (χ1v) is 9.08. The molecule has 0 saturated carbocycles. The lowest BCUT2D eigenvalue weighted by Gasteiger charge is -2.17. The molecule has 0 fully saturated rings. The molecule has 0 spiro atoms. The van der Waals surface area contributed by atoms with Crippen LogP contribution in [0, 0.1) is 5.82 Å². The average molecular weight is 406 g/mol. The molecule has 0 aliphatic rings. The Hall–Kier alpha value is -4.01. The number of hydrogen-bond donors (Lipinski definition) is 1. The molecule has 0 aliphatic heterocycles. The van der Waals surface area contributed by atoms with Crippen LogP contribution in [0.25, 0.3) is 27.5 Å². The lowest BCUT2D eigenvalue weighted by atomic mass is 10.1. The number of pyridine rings is 2. The van der Waals surface area contributed by atoms with Gasteiger partial charge in [0.15, 0.2) is 0 Å². The van der Waals surface area contributed by atoms with Crippen molar-refractivity contribution in [1.82, 2.24) is 29.0 Å². The van der Waals surface area contributed by atoms with Crippen molar-refractivity contribution in [3.05, 3.63) is 66.0 Å². The van der Waals surface area contributed by atoms with Crippen molar-refractivity contribution in [2.45, 2.75) is 6.54 Å². The number of amides is 1. The third-order valence-corrected chi connectivity index (χ3v) is 5.01. The molecule has 0 radical (unpaired) electrons. The van der Waals surface area contributed by atoms with E-state index >= 15 is 4.39 Å². The number of hydrogen-bond acceptors (Lipinski definition) is 5. The van der Waals surface area contributed by atoms with Crippen LogP contribution in [0.4, 0.5) is 10.2 Å². The second-order valence-electron chi connectivity index (χ2n) is 6.97. The van der Waals surface area contributed by atoms with Gasteiger partial charge in [-0.25, -0.2) is 14.4 Å². The number of halogens is 1. The van der Waals surface area contributed by atoms with E-state index in [0.717, 1.165) is 6.07 Å². The van der Waals surface area contributed by atoms with Crippen LogP contribution < -0.4 is 5.73 Å². The number of fused-ring (bicyclic) bond motifs is 4. The Labute approximate surface area is 174 Å². The minimum atomic E-state index is -2.82. The van der Waals surface area contributed by atoms with Gasteiger partial charge in [0.25, 0.3) is 5.91 Å². The zero-order chi connectivity index (χ0) is 23.5. The van der Waals surface area contributed by atoms with Gasteiger partial charge >= 0.3 is 0 Å². The van der Waals surface area contributed by atoms with Gasteiger partial charge in [-0.1, -0.05) is 6.07 Å². The van der Waals surface area contributed by atoms with Crippen LogP contribution in [-0.2, 0) is 13.6 Å². The molecule has 150 valence electrons. The van der Waals surface area contributed by atoms with Gasteiger partial charge < -0.3 is 15.0 Å². The number of rotatable bonds is 3. The number of aryl methyl sites for hydroxylation is 1. The van der Waals surface area contributed by atoms with Gasteiger partial charge in [-0.15, -0.1) is 0 Å². The van der Waals surface area contributed by atoms with Crippen molar-refractivity contribution in [3.8, 4) is 0 Å². The normalized spacial score (nSPS) is 13.5. The largest absolute Gasteiger partial charge is 0.383 e. The fourth-order valence-electron chi connectivity index (χ4n) is 3.59. The fourth-order valence-corrected chi connectivity index (χ4v) is 3.59. The summed E-state index contributed by atoms with van der Waals surface area (Å²) in [6.45, 7) is -3.15. The van der Waals surface area contributed by atoms with Gasteiger partial charge in [-0.2, -0.15) is 5.10 Å². The molecule has 1 amide bonds. The van der Waals surface area contributed by atoms with Crippen molar-refractivity contribution in [1.29, 1.82) is 0 Å². The number of nitrogen functional groups attached to an aromatic ring is 1. The highest BCUT2D eigenvalue weighted by molar-refractivity contribution is 6.10. The Morgan fingerprint density at radius 3 is 2.97 bits per heavy atom. The summed E-state index contributed by atoms with van der Waals surface area (Å²) >= 11 is 0. The molecule has 8 nitrogen and oxygen atoms in total. The number of nitrogens with zero attached hydrogens (tertiary/aromatic N) is 6. The van der Waals surface area contributed by atoms with E-state index in [1.807, 2.05) is 0 Å². The van der Waals surface area contributed by atoms with E-state index in [1.165, 1.54) is 12.3 Å². The van der Waals surface area contributed by atoms with Crippen molar-refractivity contribution >= 4 is 39.2 Å². The number of carbonyl (C=O) groups excluding carboxylic acids is 1. The molecule has 9 heteroatoms. The van der Waals surface area contributed by atoms with Crippen LogP contribution in [0.15, 0.2) is 48.9 Å². The lowest BCUT2D eigenvalue weighted by molar-refractivity contribution is 0.0779. The summed E-state index contributed by atoms with van der Waals surface area (Å²) in [5, 5.41) is 5.14. The van der Waals surface area contributed by atoms with Crippen molar-refractivity contribution < 1.29 is 13.3 Å². The van der Waals surface area contributed by atoms with Gasteiger partial charge in [-0.05, 0) is 18.2 Å². The number of anilines is 1. The van der Waals surface area contributed by atoms with Crippen LogP contribution in [-0.4, -0.2) is 41.9 Å². The number of imidazole rings is 1. The summed E-state index contributed by atoms with van der Waals surface area (Å²) in [6.07, 6.45) is 4.91. The van der Waals surface area contributed by atoms with Gasteiger partial charge in [0, 0.05) is 42.0 Å². The molecular weight excluding hydrogens is 385 g/mol. The molecule has 0 unspecified atom stereocenters. The molecule has 0 saturated heterocycles.